The molecule has 1 atom stereocenters. The number of nitrogens with zero attached hydrogens (tertiary/aromatic N) is 1. The quantitative estimate of drug-likeness (QED) is 0.645. The standard InChI is InChI=1S/C15H18N2O2/c1-2-13(16-11-18)7-8-15(19)17-10-9-12-5-3-4-6-14(12)17/h3-8,11,13H,2,9-10H2,1H3,(H,16,18)/b8-7+/t13-/m0/s1. The lowest BCUT2D eigenvalue weighted by molar-refractivity contribution is -0.114. The molecule has 0 spiro atoms. The smallest absolute Gasteiger partial charge is 0.250 e. The number of anilines is 1. The molecule has 1 aromatic rings. The number of nitrogens with one attached hydrogen (secondary N) is 1. The van der Waals surface area contributed by atoms with Crippen LogP contribution in [0.25, 0.3) is 0 Å². The van der Waals surface area contributed by atoms with Gasteiger partial charge in [-0.15, -0.1) is 0 Å². The van der Waals surface area contributed by atoms with Crippen molar-refractivity contribution in [3.8, 4) is 0 Å². The zero-order valence-corrected chi connectivity index (χ0v) is 11.0. The summed E-state index contributed by atoms with van der Waals surface area (Å²) < 4.78 is 0. The van der Waals surface area contributed by atoms with E-state index >= 15 is 0 Å². The van der Waals surface area contributed by atoms with Gasteiger partial charge in [0, 0.05) is 24.4 Å². The summed E-state index contributed by atoms with van der Waals surface area (Å²) in [5, 5.41) is 2.66. The van der Waals surface area contributed by atoms with Gasteiger partial charge in [-0.2, -0.15) is 0 Å². The van der Waals surface area contributed by atoms with Gasteiger partial charge in [-0.3, -0.25) is 9.59 Å². The Labute approximate surface area is 113 Å². The van der Waals surface area contributed by atoms with Crippen LogP contribution in [0.4, 0.5) is 5.69 Å². The van der Waals surface area contributed by atoms with E-state index in [0.29, 0.717) is 6.41 Å². The molecule has 4 heteroatoms. The van der Waals surface area contributed by atoms with E-state index < -0.39 is 0 Å². The van der Waals surface area contributed by atoms with Gasteiger partial charge < -0.3 is 10.2 Å². The number of fused-ring (bicyclic) bond motifs is 1. The van der Waals surface area contributed by atoms with E-state index in [0.717, 1.165) is 25.1 Å². The Kier molecular flexibility index (Phi) is 4.34. The van der Waals surface area contributed by atoms with E-state index in [-0.39, 0.29) is 11.9 Å². The first-order valence-corrected chi connectivity index (χ1v) is 6.53. The fourth-order valence-electron chi connectivity index (χ4n) is 2.25. The van der Waals surface area contributed by atoms with E-state index in [1.165, 1.54) is 5.56 Å². The summed E-state index contributed by atoms with van der Waals surface area (Å²) in [5.41, 5.74) is 2.20. The lowest BCUT2D eigenvalue weighted by Gasteiger charge is -2.15. The van der Waals surface area contributed by atoms with Crippen LogP contribution < -0.4 is 10.2 Å². The lowest BCUT2D eigenvalue weighted by Crippen LogP contribution is -2.29. The molecule has 0 bridgehead atoms. The molecule has 1 aliphatic rings. The van der Waals surface area contributed by atoms with Crippen LogP contribution in [-0.4, -0.2) is 24.9 Å². The first-order chi connectivity index (χ1) is 9.26. The van der Waals surface area contributed by atoms with Crippen molar-refractivity contribution in [3.63, 3.8) is 0 Å². The van der Waals surface area contributed by atoms with Crippen LogP contribution in [0.1, 0.15) is 18.9 Å². The molecule has 0 unspecified atom stereocenters. The molecule has 4 nitrogen and oxygen atoms in total. The number of para-hydroxylation sites is 1. The van der Waals surface area contributed by atoms with Crippen molar-refractivity contribution >= 4 is 18.0 Å². The van der Waals surface area contributed by atoms with Crippen molar-refractivity contribution in [2.24, 2.45) is 0 Å². The summed E-state index contributed by atoms with van der Waals surface area (Å²) in [6, 6.07) is 7.87. The highest BCUT2D eigenvalue weighted by molar-refractivity contribution is 6.02. The number of carbonyl (C=O) groups is 2. The zero-order chi connectivity index (χ0) is 13.7. The summed E-state index contributed by atoms with van der Waals surface area (Å²) >= 11 is 0. The average molecular weight is 258 g/mol. The highest BCUT2D eigenvalue weighted by Gasteiger charge is 2.22. The van der Waals surface area contributed by atoms with Gasteiger partial charge in [-0.25, -0.2) is 0 Å². The Morgan fingerprint density at radius 2 is 2.26 bits per heavy atom. The molecule has 100 valence electrons. The third-order valence-electron chi connectivity index (χ3n) is 3.35. The molecule has 1 N–H and O–H groups in total. The predicted molar refractivity (Wildman–Crippen MR) is 74.9 cm³/mol. The van der Waals surface area contributed by atoms with E-state index in [1.54, 1.807) is 17.1 Å². The maximum absolute atomic E-state index is 12.2. The summed E-state index contributed by atoms with van der Waals surface area (Å²) in [7, 11) is 0. The van der Waals surface area contributed by atoms with Crippen LogP contribution in [0.5, 0.6) is 0 Å². The Bertz CT molecular complexity index is 497. The molecule has 0 fully saturated rings. The Morgan fingerprint density at radius 1 is 1.47 bits per heavy atom. The molecule has 0 aliphatic carbocycles. The van der Waals surface area contributed by atoms with E-state index in [1.807, 2.05) is 25.1 Å². The number of carbonyl (C=O) groups excluding carboxylic acids is 2. The van der Waals surface area contributed by atoms with Crippen LogP contribution in [-0.2, 0) is 16.0 Å². The molecule has 1 aromatic carbocycles. The maximum atomic E-state index is 12.2. The van der Waals surface area contributed by atoms with Gasteiger partial charge in [-0.05, 0) is 24.5 Å². The van der Waals surface area contributed by atoms with E-state index in [9.17, 15) is 9.59 Å². The van der Waals surface area contributed by atoms with Crippen LogP contribution in [0, 0.1) is 0 Å². The topological polar surface area (TPSA) is 49.4 Å². The van der Waals surface area contributed by atoms with Crippen molar-refractivity contribution in [1.29, 1.82) is 0 Å². The largest absolute Gasteiger partial charge is 0.352 e. The number of hydrogen-bond acceptors (Lipinski definition) is 2. The second kappa shape index (κ2) is 6.18. The van der Waals surface area contributed by atoms with Gasteiger partial charge in [0.05, 0.1) is 0 Å². The molecule has 0 radical (unpaired) electrons. The second-order valence-electron chi connectivity index (χ2n) is 4.53. The summed E-state index contributed by atoms with van der Waals surface area (Å²) in [6.07, 6.45) is 5.62. The number of hydrogen-bond donors (Lipinski definition) is 1. The molecule has 2 rings (SSSR count). The van der Waals surface area contributed by atoms with Crippen molar-refractivity contribution in [2.75, 3.05) is 11.4 Å². The van der Waals surface area contributed by atoms with Gasteiger partial charge in [-0.1, -0.05) is 31.2 Å². The molecule has 1 aliphatic heterocycles. The lowest BCUT2D eigenvalue weighted by atomic mass is 10.2. The zero-order valence-electron chi connectivity index (χ0n) is 11.0. The fraction of sp³-hybridized carbons (Fsp3) is 0.333. The highest BCUT2D eigenvalue weighted by atomic mass is 16.2. The van der Waals surface area contributed by atoms with Crippen molar-refractivity contribution in [3.05, 3.63) is 42.0 Å². The third-order valence-corrected chi connectivity index (χ3v) is 3.35. The number of benzene rings is 1. The van der Waals surface area contributed by atoms with Gasteiger partial charge in [0.1, 0.15) is 0 Å². The monoisotopic (exact) mass is 258 g/mol. The minimum Gasteiger partial charge on any atom is -0.352 e. The normalized spacial score (nSPS) is 15.3. The minimum absolute atomic E-state index is 0.0314. The first-order valence-electron chi connectivity index (χ1n) is 6.53. The molecule has 19 heavy (non-hydrogen) atoms. The van der Waals surface area contributed by atoms with Crippen molar-refractivity contribution in [2.45, 2.75) is 25.8 Å². The van der Waals surface area contributed by atoms with Crippen LogP contribution in [0.3, 0.4) is 0 Å². The van der Waals surface area contributed by atoms with E-state index in [2.05, 4.69) is 11.4 Å². The van der Waals surface area contributed by atoms with Crippen molar-refractivity contribution in [1.82, 2.24) is 5.32 Å². The van der Waals surface area contributed by atoms with Gasteiger partial charge in [0.15, 0.2) is 0 Å². The predicted octanol–water partition coefficient (Wildman–Crippen LogP) is 1.66. The van der Waals surface area contributed by atoms with Gasteiger partial charge in [0.25, 0.3) is 5.91 Å². The highest BCUT2D eigenvalue weighted by Crippen LogP contribution is 2.27. The summed E-state index contributed by atoms with van der Waals surface area (Å²) in [4.78, 5) is 24.3. The Hall–Kier alpha value is -2.10. The van der Waals surface area contributed by atoms with Crippen LogP contribution >= 0.6 is 0 Å². The van der Waals surface area contributed by atoms with Gasteiger partial charge in [0.2, 0.25) is 6.41 Å². The Morgan fingerprint density at radius 3 is 3.00 bits per heavy atom. The summed E-state index contributed by atoms with van der Waals surface area (Å²) in [6.45, 7) is 2.68. The van der Waals surface area contributed by atoms with Crippen LogP contribution in [0.15, 0.2) is 36.4 Å². The van der Waals surface area contributed by atoms with E-state index in [4.69, 9.17) is 0 Å². The first kappa shape index (κ1) is 13.3. The SMILES string of the molecule is CC[C@@H](/C=C/C(=O)N1CCc2ccccc21)NC=O. The van der Waals surface area contributed by atoms with Crippen molar-refractivity contribution < 1.29 is 9.59 Å². The molecule has 2 amide bonds. The minimum atomic E-state index is -0.0840. The third kappa shape index (κ3) is 3.02. The molecule has 0 saturated heterocycles. The number of amides is 2. The maximum Gasteiger partial charge on any atom is 0.250 e. The Balaban J connectivity index is 2.05. The molecular weight excluding hydrogens is 240 g/mol. The molecular formula is C15H18N2O2. The van der Waals surface area contributed by atoms with Crippen LogP contribution in [0.2, 0.25) is 0 Å². The molecule has 1 heterocycles. The second-order valence-corrected chi connectivity index (χ2v) is 4.53. The number of rotatable bonds is 5. The fourth-order valence-corrected chi connectivity index (χ4v) is 2.25. The van der Waals surface area contributed by atoms with Gasteiger partial charge >= 0.3 is 0 Å². The molecule has 0 aromatic heterocycles. The average Bonchev–Trinajstić information content (AvgIpc) is 2.87. The molecule has 0 saturated carbocycles. The summed E-state index contributed by atoms with van der Waals surface area (Å²) in [5.74, 6) is -0.0314.